The molecule has 4 rings (SSSR count). The third kappa shape index (κ3) is 3.57. The summed E-state index contributed by atoms with van der Waals surface area (Å²) in [4.78, 5) is 17.3. The molecule has 2 aliphatic rings. The fourth-order valence-electron chi connectivity index (χ4n) is 4.00. The third-order valence-corrected chi connectivity index (χ3v) is 5.58. The van der Waals surface area contributed by atoms with Gasteiger partial charge in [0.1, 0.15) is 0 Å². The van der Waals surface area contributed by atoms with E-state index in [0.29, 0.717) is 11.6 Å². The number of urea groups is 1. The van der Waals surface area contributed by atoms with Gasteiger partial charge in [0.05, 0.1) is 6.04 Å². The Balaban J connectivity index is 1.65. The fourth-order valence-corrected chi connectivity index (χ4v) is 4.18. The summed E-state index contributed by atoms with van der Waals surface area (Å²) >= 11 is 6.27. The molecule has 136 valence electrons. The predicted molar refractivity (Wildman–Crippen MR) is 106 cm³/mol. The number of carbonyl (C=O) groups excluding carboxylic acids is 1. The van der Waals surface area contributed by atoms with Gasteiger partial charge in [0.15, 0.2) is 0 Å². The Hall–Kier alpha value is -2.04. The lowest BCUT2D eigenvalue weighted by Crippen LogP contribution is -2.46. The molecule has 5 heteroatoms. The van der Waals surface area contributed by atoms with Gasteiger partial charge >= 0.3 is 6.03 Å². The van der Waals surface area contributed by atoms with Crippen LogP contribution in [0.2, 0.25) is 5.02 Å². The molecule has 2 heterocycles. The number of hydrogen-bond donors (Lipinski definition) is 1. The number of benzene rings is 2. The summed E-state index contributed by atoms with van der Waals surface area (Å²) in [6.07, 6.45) is 3.83. The molecule has 0 bridgehead atoms. The summed E-state index contributed by atoms with van der Waals surface area (Å²) in [6.45, 7) is 3.88. The minimum Gasteiger partial charge on any atom is -0.312 e. The second kappa shape index (κ2) is 7.68. The molecule has 0 aliphatic carbocycles. The number of amides is 2. The maximum atomic E-state index is 12.9. The monoisotopic (exact) mass is 369 g/mol. The van der Waals surface area contributed by atoms with E-state index < -0.39 is 0 Å². The van der Waals surface area contributed by atoms with Gasteiger partial charge in [-0.2, -0.15) is 0 Å². The molecule has 26 heavy (non-hydrogen) atoms. The molecule has 1 fully saturated rings. The summed E-state index contributed by atoms with van der Waals surface area (Å²) in [6, 6.07) is 15.8. The molecule has 1 unspecified atom stereocenters. The van der Waals surface area contributed by atoms with Crippen molar-refractivity contribution < 1.29 is 4.79 Å². The molecule has 0 aromatic heterocycles. The molecule has 0 saturated carbocycles. The zero-order valence-corrected chi connectivity index (χ0v) is 15.6. The van der Waals surface area contributed by atoms with E-state index in [9.17, 15) is 4.79 Å². The minimum atomic E-state index is -0.108. The van der Waals surface area contributed by atoms with Crippen LogP contribution in [0.1, 0.15) is 36.4 Å². The highest BCUT2D eigenvalue weighted by Gasteiger charge is 2.33. The number of fused-ring (bicyclic) bond motifs is 1. The number of piperidine rings is 1. The lowest BCUT2D eigenvalue weighted by Gasteiger charge is -2.39. The molecule has 0 radical (unpaired) electrons. The molecule has 1 atom stereocenters. The quantitative estimate of drug-likeness (QED) is 0.843. The van der Waals surface area contributed by atoms with Crippen LogP contribution in [0.25, 0.3) is 0 Å². The number of halogens is 1. The molecular formula is C21H24ClN3O. The van der Waals surface area contributed by atoms with Gasteiger partial charge in [-0.1, -0.05) is 48.4 Å². The normalized spacial score (nSPS) is 20.6. The summed E-state index contributed by atoms with van der Waals surface area (Å²) in [5.74, 6) is 0. The number of likely N-dealkylation sites (tertiary alicyclic amines) is 1. The lowest BCUT2D eigenvalue weighted by molar-refractivity contribution is 0.166. The molecule has 2 aromatic carbocycles. The van der Waals surface area contributed by atoms with Gasteiger partial charge in [0.2, 0.25) is 0 Å². The Morgan fingerprint density at radius 1 is 1.00 bits per heavy atom. The predicted octanol–water partition coefficient (Wildman–Crippen LogP) is 4.76. The third-order valence-electron chi connectivity index (χ3n) is 5.34. The van der Waals surface area contributed by atoms with Crippen molar-refractivity contribution in [2.45, 2.75) is 25.3 Å². The van der Waals surface area contributed by atoms with Crippen molar-refractivity contribution in [3.63, 3.8) is 0 Å². The van der Waals surface area contributed by atoms with Crippen LogP contribution >= 0.6 is 11.6 Å². The average Bonchev–Trinajstić information content (AvgIpc) is 2.68. The second-order valence-corrected chi connectivity index (χ2v) is 7.51. The van der Waals surface area contributed by atoms with Crippen molar-refractivity contribution in [2.24, 2.45) is 0 Å². The van der Waals surface area contributed by atoms with E-state index in [0.717, 1.165) is 36.4 Å². The van der Waals surface area contributed by atoms with E-state index in [2.05, 4.69) is 22.3 Å². The van der Waals surface area contributed by atoms with Crippen molar-refractivity contribution in [1.29, 1.82) is 0 Å². The SMILES string of the molecule is O=C1Nc2ccc(Cl)cc2C(c2ccccc2)N1CCN1CCCCC1. The Labute approximate surface area is 159 Å². The molecule has 2 amide bonds. The molecule has 1 N–H and O–H groups in total. The number of nitrogens with one attached hydrogen (secondary N) is 1. The number of hydrogen-bond acceptors (Lipinski definition) is 2. The first-order chi connectivity index (χ1) is 12.7. The Kier molecular flexibility index (Phi) is 5.14. The van der Waals surface area contributed by atoms with E-state index >= 15 is 0 Å². The zero-order valence-electron chi connectivity index (χ0n) is 14.8. The Morgan fingerprint density at radius 2 is 1.77 bits per heavy atom. The Bertz CT molecular complexity index is 774. The first-order valence-corrected chi connectivity index (χ1v) is 9.74. The van der Waals surface area contributed by atoms with Crippen LogP contribution in [0.15, 0.2) is 48.5 Å². The highest BCUT2D eigenvalue weighted by atomic mass is 35.5. The fraction of sp³-hybridized carbons (Fsp3) is 0.381. The van der Waals surface area contributed by atoms with Gasteiger partial charge < -0.3 is 15.1 Å². The van der Waals surface area contributed by atoms with Crippen molar-refractivity contribution in [3.8, 4) is 0 Å². The smallest absolute Gasteiger partial charge is 0.312 e. The number of rotatable bonds is 4. The number of anilines is 1. The molecule has 2 aliphatic heterocycles. The van der Waals surface area contributed by atoms with Gasteiger partial charge in [-0.15, -0.1) is 0 Å². The highest BCUT2D eigenvalue weighted by molar-refractivity contribution is 6.30. The van der Waals surface area contributed by atoms with Crippen LogP contribution in [0.4, 0.5) is 10.5 Å². The molecule has 4 nitrogen and oxygen atoms in total. The summed E-state index contributed by atoms with van der Waals surface area (Å²) in [7, 11) is 0. The summed E-state index contributed by atoms with van der Waals surface area (Å²) < 4.78 is 0. The van der Waals surface area contributed by atoms with Crippen LogP contribution in [0.5, 0.6) is 0 Å². The van der Waals surface area contributed by atoms with Crippen LogP contribution in [0.3, 0.4) is 0 Å². The van der Waals surface area contributed by atoms with Crippen LogP contribution < -0.4 is 5.32 Å². The van der Waals surface area contributed by atoms with Crippen LogP contribution in [0, 0.1) is 0 Å². The van der Waals surface area contributed by atoms with Crippen molar-refractivity contribution in [3.05, 3.63) is 64.7 Å². The van der Waals surface area contributed by atoms with E-state index in [1.807, 2.05) is 41.3 Å². The largest absolute Gasteiger partial charge is 0.322 e. The van der Waals surface area contributed by atoms with Crippen LogP contribution in [-0.4, -0.2) is 42.0 Å². The van der Waals surface area contributed by atoms with Crippen LogP contribution in [-0.2, 0) is 0 Å². The first kappa shape index (κ1) is 17.4. The van der Waals surface area contributed by atoms with Gasteiger partial charge in [-0.05, 0) is 49.7 Å². The Morgan fingerprint density at radius 3 is 2.54 bits per heavy atom. The molecule has 0 spiro atoms. The first-order valence-electron chi connectivity index (χ1n) is 9.37. The van der Waals surface area contributed by atoms with Gasteiger partial charge in [0, 0.05) is 29.4 Å². The average molecular weight is 370 g/mol. The number of nitrogens with zero attached hydrogens (tertiary/aromatic N) is 2. The molecule has 1 saturated heterocycles. The van der Waals surface area contributed by atoms with Gasteiger partial charge in [0.25, 0.3) is 0 Å². The minimum absolute atomic E-state index is 0.0364. The highest BCUT2D eigenvalue weighted by Crippen LogP contribution is 2.38. The zero-order chi connectivity index (χ0) is 17.9. The summed E-state index contributed by atoms with van der Waals surface area (Å²) in [5.41, 5.74) is 3.02. The van der Waals surface area contributed by atoms with Gasteiger partial charge in [-0.3, -0.25) is 0 Å². The number of carbonyl (C=O) groups is 1. The summed E-state index contributed by atoms with van der Waals surface area (Å²) in [5, 5.41) is 3.73. The van der Waals surface area contributed by atoms with Crippen molar-refractivity contribution in [1.82, 2.24) is 9.80 Å². The lowest BCUT2D eigenvalue weighted by atomic mass is 9.94. The maximum absolute atomic E-state index is 12.9. The maximum Gasteiger partial charge on any atom is 0.322 e. The van der Waals surface area contributed by atoms with E-state index in [1.54, 1.807) is 0 Å². The molecule has 2 aromatic rings. The van der Waals surface area contributed by atoms with E-state index in [-0.39, 0.29) is 12.1 Å². The van der Waals surface area contributed by atoms with Crippen molar-refractivity contribution >= 4 is 23.3 Å². The topological polar surface area (TPSA) is 35.6 Å². The van der Waals surface area contributed by atoms with Gasteiger partial charge in [-0.25, -0.2) is 4.79 Å². The van der Waals surface area contributed by atoms with Crippen molar-refractivity contribution in [2.75, 3.05) is 31.5 Å². The van der Waals surface area contributed by atoms with E-state index in [1.165, 1.54) is 19.3 Å². The van der Waals surface area contributed by atoms with E-state index in [4.69, 9.17) is 11.6 Å². The second-order valence-electron chi connectivity index (χ2n) is 7.07. The molecular weight excluding hydrogens is 346 g/mol. The standard InChI is InChI=1S/C21H24ClN3O/c22-17-9-10-19-18(15-17)20(16-7-3-1-4-8-16)25(21(26)23-19)14-13-24-11-5-2-6-12-24/h1,3-4,7-10,15,20H,2,5-6,11-14H2,(H,23,26).